The lowest BCUT2D eigenvalue weighted by molar-refractivity contribution is 0.600. The smallest absolute Gasteiger partial charge is 0.263 e. The van der Waals surface area contributed by atoms with E-state index in [1.807, 2.05) is 19.1 Å². The maximum Gasteiger partial charge on any atom is 0.263 e. The van der Waals surface area contributed by atoms with Crippen LogP contribution in [-0.2, 0) is 10.0 Å². The van der Waals surface area contributed by atoms with Gasteiger partial charge in [-0.15, -0.1) is 0 Å². The number of nitrogens with zero attached hydrogens (tertiary/aromatic N) is 2. The number of aryl methyl sites for hydroxylation is 3. The van der Waals surface area contributed by atoms with Crippen LogP contribution in [0.1, 0.15) is 22.4 Å². The molecule has 2 rings (SSSR count). The van der Waals surface area contributed by atoms with Gasteiger partial charge in [-0.25, -0.2) is 13.4 Å². The average Bonchev–Trinajstić information content (AvgIpc) is 2.37. The summed E-state index contributed by atoms with van der Waals surface area (Å²) in [5, 5.41) is 8.90. The second-order valence-electron chi connectivity index (χ2n) is 4.87. The number of hydrogen-bond donors (Lipinski definition) is 1. The Labute approximate surface area is 124 Å². The summed E-state index contributed by atoms with van der Waals surface area (Å²) in [5.41, 5.74) is 2.53. The topological polar surface area (TPSA) is 82.8 Å². The van der Waals surface area contributed by atoms with E-state index in [9.17, 15) is 8.42 Å². The van der Waals surface area contributed by atoms with Crippen LogP contribution in [0, 0.1) is 32.1 Å². The normalized spacial score (nSPS) is 11.0. The first-order valence-corrected chi connectivity index (χ1v) is 7.79. The molecule has 0 fully saturated rings. The summed E-state index contributed by atoms with van der Waals surface area (Å²) in [4.78, 5) is 4.25. The molecule has 5 nitrogen and oxygen atoms in total. The Bertz CT molecular complexity index is 816. The summed E-state index contributed by atoms with van der Waals surface area (Å²) in [6.45, 7) is 5.35. The molecule has 0 aliphatic carbocycles. The largest absolute Gasteiger partial charge is 0.263 e. The van der Waals surface area contributed by atoms with Gasteiger partial charge in [-0.2, -0.15) is 5.26 Å². The van der Waals surface area contributed by atoms with Gasteiger partial charge < -0.3 is 0 Å². The van der Waals surface area contributed by atoms with Crippen molar-refractivity contribution in [3.05, 3.63) is 52.7 Å². The van der Waals surface area contributed by atoms with Crippen molar-refractivity contribution in [2.24, 2.45) is 0 Å². The zero-order chi connectivity index (χ0) is 15.6. The van der Waals surface area contributed by atoms with Crippen LogP contribution in [0.5, 0.6) is 0 Å². The number of nitrogens with one attached hydrogen (secondary N) is 1. The molecule has 0 amide bonds. The average molecular weight is 301 g/mol. The van der Waals surface area contributed by atoms with E-state index >= 15 is 0 Å². The molecule has 0 saturated heterocycles. The van der Waals surface area contributed by atoms with Crippen molar-refractivity contribution in [3.8, 4) is 6.07 Å². The molecule has 108 valence electrons. The highest BCUT2D eigenvalue weighted by molar-refractivity contribution is 7.92. The Morgan fingerprint density at radius 3 is 2.48 bits per heavy atom. The quantitative estimate of drug-likeness (QED) is 0.944. The zero-order valence-corrected chi connectivity index (χ0v) is 12.8. The zero-order valence-electron chi connectivity index (χ0n) is 12.0. The molecule has 0 saturated carbocycles. The maximum absolute atomic E-state index is 12.5. The Hall–Kier alpha value is -2.39. The molecule has 0 bridgehead atoms. The van der Waals surface area contributed by atoms with Gasteiger partial charge in [-0.3, -0.25) is 4.72 Å². The summed E-state index contributed by atoms with van der Waals surface area (Å²) >= 11 is 0. The highest BCUT2D eigenvalue weighted by Crippen LogP contribution is 2.20. The number of rotatable bonds is 3. The van der Waals surface area contributed by atoms with Gasteiger partial charge in [0.05, 0.1) is 16.5 Å². The number of sulfonamides is 1. The van der Waals surface area contributed by atoms with Crippen LogP contribution in [0.15, 0.2) is 35.2 Å². The van der Waals surface area contributed by atoms with Gasteiger partial charge in [0, 0.05) is 5.69 Å². The number of anilines is 1. The van der Waals surface area contributed by atoms with E-state index in [1.54, 1.807) is 32.0 Å². The number of pyridine rings is 1. The summed E-state index contributed by atoms with van der Waals surface area (Å²) in [6.07, 6.45) is 0. The Kier molecular flexibility index (Phi) is 3.96. The number of benzene rings is 1. The van der Waals surface area contributed by atoms with Crippen LogP contribution in [0.25, 0.3) is 0 Å². The van der Waals surface area contributed by atoms with E-state index in [0.717, 1.165) is 11.3 Å². The van der Waals surface area contributed by atoms with Gasteiger partial charge in [-0.05, 0) is 56.2 Å². The van der Waals surface area contributed by atoms with E-state index in [2.05, 4.69) is 9.71 Å². The SMILES string of the molecule is Cc1cc(C)nc(NS(=O)(=O)c2cc(C#N)ccc2C)c1. The minimum atomic E-state index is -3.77. The molecule has 0 spiro atoms. The molecule has 0 unspecified atom stereocenters. The van der Waals surface area contributed by atoms with E-state index in [0.29, 0.717) is 11.1 Å². The van der Waals surface area contributed by atoms with Gasteiger partial charge in [0.1, 0.15) is 5.82 Å². The van der Waals surface area contributed by atoms with Crippen LogP contribution >= 0.6 is 0 Å². The molecule has 1 N–H and O–H groups in total. The van der Waals surface area contributed by atoms with E-state index < -0.39 is 10.0 Å². The first kappa shape index (κ1) is 15.0. The molecule has 1 heterocycles. The van der Waals surface area contributed by atoms with Gasteiger partial charge in [0.25, 0.3) is 10.0 Å². The first-order chi connectivity index (χ1) is 9.81. The standard InChI is InChI=1S/C15H15N3O2S/c1-10-6-12(3)17-15(7-10)18-21(19,20)14-8-13(9-16)5-4-11(14)2/h4-8H,1-3H3,(H,17,18). The fourth-order valence-corrected chi connectivity index (χ4v) is 3.31. The number of hydrogen-bond acceptors (Lipinski definition) is 4. The second kappa shape index (κ2) is 5.54. The van der Waals surface area contributed by atoms with Crippen LogP contribution in [0.4, 0.5) is 5.82 Å². The van der Waals surface area contributed by atoms with E-state index in [1.165, 1.54) is 6.07 Å². The fraction of sp³-hybridized carbons (Fsp3) is 0.200. The summed E-state index contributed by atoms with van der Waals surface area (Å²) < 4.78 is 27.4. The van der Waals surface area contributed by atoms with Crippen LogP contribution in [-0.4, -0.2) is 13.4 Å². The third kappa shape index (κ3) is 3.38. The predicted octanol–water partition coefficient (Wildman–Crippen LogP) is 2.68. The molecule has 0 radical (unpaired) electrons. The molecular weight excluding hydrogens is 286 g/mol. The van der Waals surface area contributed by atoms with Crippen molar-refractivity contribution in [1.29, 1.82) is 5.26 Å². The lowest BCUT2D eigenvalue weighted by atomic mass is 10.2. The molecule has 2 aromatic rings. The van der Waals surface area contributed by atoms with Crippen molar-refractivity contribution in [3.63, 3.8) is 0 Å². The molecule has 1 aromatic heterocycles. The van der Waals surface area contributed by atoms with Crippen molar-refractivity contribution in [1.82, 2.24) is 4.98 Å². The first-order valence-electron chi connectivity index (χ1n) is 6.31. The molecular formula is C15H15N3O2S. The van der Waals surface area contributed by atoms with Crippen molar-refractivity contribution < 1.29 is 8.42 Å². The lowest BCUT2D eigenvalue weighted by Gasteiger charge is -2.11. The Balaban J connectivity index is 2.45. The second-order valence-corrected chi connectivity index (χ2v) is 6.52. The fourth-order valence-electron chi connectivity index (χ4n) is 2.05. The van der Waals surface area contributed by atoms with E-state index in [4.69, 9.17) is 5.26 Å². The summed E-state index contributed by atoms with van der Waals surface area (Å²) in [5.74, 6) is 0.272. The summed E-state index contributed by atoms with van der Waals surface area (Å²) in [7, 11) is -3.77. The Morgan fingerprint density at radius 2 is 1.86 bits per heavy atom. The number of nitriles is 1. The molecule has 0 aliphatic heterocycles. The minimum Gasteiger partial charge on any atom is -0.263 e. The molecule has 1 aromatic carbocycles. The van der Waals surface area contributed by atoms with Crippen LogP contribution in [0.2, 0.25) is 0 Å². The monoisotopic (exact) mass is 301 g/mol. The third-order valence-corrected chi connectivity index (χ3v) is 4.44. The summed E-state index contributed by atoms with van der Waals surface area (Å²) in [6, 6.07) is 10.0. The minimum absolute atomic E-state index is 0.0857. The van der Waals surface area contributed by atoms with Gasteiger partial charge >= 0.3 is 0 Å². The van der Waals surface area contributed by atoms with Gasteiger partial charge in [0.2, 0.25) is 0 Å². The van der Waals surface area contributed by atoms with Crippen molar-refractivity contribution >= 4 is 15.8 Å². The molecule has 21 heavy (non-hydrogen) atoms. The Morgan fingerprint density at radius 1 is 1.14 bits per heavy atom. The number of aromatic nitrogens is 1. The maximum atomic E-state index is 12.5. The highest BCUT2D eigenvalue weighted by Gasteiger charge is 2.18. The lowest BCUT2D eigenvalue weighted by Crippen LogP contribution is -2.15. The molecule has 6 heteroatoms. The highest BCUT2D eigenvalue weighted by atomic mass is 32.2. The molecule has 0 aliphatic rings. The van der Waals surface area contributed by atoms with Crippen LogP contribution in [0.3, 0.4) is 0 Å². The molecule has 0 atom stereocenters. The third-order valence-electron chi connectivity index (χ3n) is 2.94. The van der Waals surface area contributed by atoms with Crippen molar-refractivity contribution in [2.75, 3.05) is 4.72 Å². The van der Waals surface area contributed by atoms with Gasteiger partial charge in [-0.1, -0.05) is 6.07 Å². The predicted molar refractivity (Wildman–Crippen MR) is 80.4 cm³/mol. The van der Waals surface area contributed by atoms with Crippen molar-refractivity contribution in [2.45, 2.75) is 25.7 Å². The van der Waals surface area contributed by atoms with Gasteiger partial charge in [0.15, 0.2) is 0 Å². The van der Waals surface area contributed by atoms with E-state index in [-0.39, 0.29) is 10.7 Å². The van der Waals surface area contributed by atoms with Crippen LogP contribution < -0.4 is 4.72 Å².